The van der Waals surface area contributed by atoms with E-state index in [9.17, 15) is 24.0 Å². The molecule has 31 heavy (non-hydrogen) atoms. The number of nitrogens with one attached hydrogen (secondary N) is 4. The maximum atomic E-state index is 12.2. The summed E-state index contributed by atoms with van der Waals surface area (Å²) in [7, 11) is 0. The molecule has 1 aliphatic rings. The number of rotatable bonds is 16. The number of carboxylic acids is 2. The van der Waals surface area contributed by atoms with Gasteiger partial charge in [0.1, 0.15) is 12.1 Å². The van der Waals surface area contributed by atoms with Gasteiger partial charge in [-0.05, 0) is 45.1 Å². The summed E-state index contributed by atoms with van der Waals surface area (Å²) in [5.41, 5.74) is 0. The molecule has 0 aliphatic carbocycles. The van der Waals surface area contributed by atoms with Gasteiger partial charge >= 0.3 is 11.9 Å². The van der Waals surface area contributed by atoms with E-state index in [0.717, 1.165) is 18.9 Å². The fourth-order valence-corrected chi connectivity index (χ4v) is 3.04. The summed E-state index contributed by atoms with van der Waals surface area (Å²) in [5.74, 6) is -2.75. The van der Waals surface area contributed by atoms with Gasteiger partial charge in [0.05, 0.1) is 6.42 Å². The van der Waals surface area contributed by atoms with Crippen LogP contribution in [-0.2, 0) is 24.0 Å². The van der Waals surface area contributed by atoms with Crippen LogP contribution in [0.5, 0.6) is 0 Å². The molecule has 1 fully saturated rings. The van der Waals surface area contributed by atoms with Gasteiger partial charge in [0.2, 0.25) is 17.7 Å². The first kappa shape index (κ1) is 26.1. The van der Waals surface area contributed by atoms with Gasteiger partial charge in [0.25, 0.3) is 0 Å². The lowest BCUT2D eigenvalue weighted by Crippen LogP contribution is -2.61. The molecule has 0 saturated carbocycles. The molecular formula is C20H32N4O7. The van der Waals surface area contributed by atoms with Crippen LogP contribution >= 0.6 is 0 Å². The predicted molar refractivity (Wildman–Crippen MR) is 111 cm³/mol. The Balaban J connectivity index is 2.13. The summed E-state index contributed by atoms with van der Waals surface area (Å²) < 4.78 is 0. The third kappa shape index (κ3) is 12.4. The average molecular weight is 440 g/mol. The Labute approximate surface area is 181 Å². The highest BCUT2D eigenvalue weighted by Crippen LogP contribution is 2.10. The maximum Gasteiger partial charge on any atom is 0.328 e. The fraction of sp³-hybridized carbons (Fsp3) is 0.650. The number of carbonyl (C=O) groups is 5. The molecule has 0 radical (unpaired) electrons. The minimum atomic E-state index is -1.02. The molecule has 174 valence electrons. The highest BCUT2D eigenvalue weighted by atomic mass is 16.4. The van der Waals surface area contributed by atoms with Crippen LogP contribution in [-0.4, -0.2) is 71.6 Å². The molecule has 0 aromatic rings. The van der Waals surface area contributed by atoms with E-state index < -0.39 is 24.0 Å². The van der Waals surface area contributed by atoms with E-state index in [0.29, 0.717) is 45.3 Å². The van der Waals surface area contributed by atoms with Crippen molar-refractivity contribution in [2.45, 2.75) is 63.5 Å². The lowest BCUT2D eigenvalue weighted by Gasteiger charge is -2.29. The van der Waals surface area contributed by atoms with Crippen molar-refractivity contribution >= 4 is 29.7 Å². The zero-order valence-corrected chi connectivity index (χ0v) is 17.5. The van der Waals surface area contributed by atoms with Crippen LogP contribution in [0.3, 0.4) is 0 Å². The zero-order chi connectivity index (χ0) is 23.1. The average Bonchev–Trinajstić information content (AvgIpc) is 2.70. The molecule has 6 N–H and O–H groups in total. The molecule has 1 heterocycles. The summed E-state index contributed by atoms with van der Waals surface area (Å²) in [5, 5.41) is 28.2. The molecule has 3 amide bonds. The first-order chi connectivity index (χ1) is 14.8. The highest BCUT2D eigenvalue weighted by Gasteiger charge is 2.32. The van der Waals surface area contributed by atoms with Gasteiger partial charge in [-0.2, -0.15) is 0 Å². The molecule has 11 heteroatoms. The molecule has 2 atom stereocenters. The third-order valence-corrected chi connectivity index (χ3v) is 4.69. The van der Waals surface area contributed by atoms with Crippen molar-refractivity contribution in [1.82, 2.24) is 21.3 Å². The number of carboxylic acid groups (broad SMARTS) is 2. The fourth-order valence-electron chi connectivity index (χ4n) is 3.04. The van der Waals surface area contributed by atoms with Crippen LogP contribution in [0.4, 0.5) is 0 Å². The van der Waals surface area contributed by atoms with E-state index in [1.54, 1.807) is 0 Å². The van der Waals surface area contributed by atoms with Crippen molar-refractivity contribution in [3.8, 4) is 0 Å². The molecule has 2 unspecified atom stereocenters. The van der Waals surface area contributed by atoms with E-state index in [4.69, 9.17) is 10.2 Å². The Kier molecular flexibility index (Phi) is 12.6. The number of amides is 3. The summed E-state index contributed by atoms with van der Waals surface area (Å²) >= 11 is 0. The van der Waals surface area contributed by atoms with E-state index >= 15 is 0 Å². The second-order valence-electron chi connectivity index (χ2n) is 7.30. The van der Waals surface area contributed by atoms with Gasteiger partial charge in [-0.15, -0.1) is 0 Å². The zero-order valence-electron chi connectivity index (χ0n) is 17.5. The van der Waals surface area contributed by atoms with Crippen molar-refractivity contribution in [2.24, 2.45) is 0 Å². The van der Waals surface area contributed by atoms with Crippen LogP contribution in [0.1, 0.15) is 51.4 Å². The van der Waals surface area contributed by atoms with E-state index in [2.05, 4.69) is 21.3 Å². The summed E-state index contributed by atoms with van der Waals surface area (Å²) in [6, 6.07) is -1.14. The highest BCUT2D eigenvalue weighted by molar-refractivity contribution is 5.96. The molecule has 0 aromatic heterocycles. The minimum Gasteiger partial charge on any atom is -0.481 e. The Hall–Kier alpha value is -2.95. The number of piperazine rings is 1. The van der Waals surface area contributed by atoms with Crippen molar-refractivity contribution in [2.75, 3.05) is 19.6 Å². The molecule has 1 saturated heterocycles. The van der Waals surface area contributed by atoms with Crippen LogP contribution in [0.25, 0.3) is 0 Å². The van der Waals surface area contributed by atoms with Gasteiger partial charge in [-0.3, -0.25) is 19.2 Å². The van der Waals surface area contributed by atoms with Crippen molar-refractivity contribution < 1.29 is 34.2 Å². The maximum absolute atomic E-state index is 12.2. The van der Waals surface area contributed by atoms with E-state index in [1.807, 2.05) is 0 Å². The number of carbonyl (C=O) groups excluding carboxylic acids is 3. The van der Waals surface area contributed by atoms with Crippen molar-refractivity contribution in [1.29, 1.82) is 0 Å². The molecule has 0 aromatic carbocycles. The quantitative estimate of drug-likeness (QED) is 0.138. The minimum absolute atomic E-state index is 0.0599. The SMILES string of the molecule is O=C(O)/C=C/CNCCCCC1NC(=O)C(CCCCNC(=O)CCC(=O)O)NC1=O. The Morgan fingerprint density at radius 3 is 2.00 bits per heavy atom. The van der Waals surface area contributed by atoms with Crippen LogP contribution in [0.15, 0.2) is 12.2 Å². The lowest BCUT2D eigenvalue weighted by atomic mass is 10.0. The van der Waals surface area contributed by atoms with Gasteiger partial charge < -0.3 is 31.5 Å². The number of aliphatic carboxylic acids is 2. The predicted octanol–water partition coefficient (Wildman–Crippen LogP) is -0.478. The van der Waals surface area contributed by atoms with Gasteiger partial charge in [-0.25, -0.2) is 4.79 Å². The van der Waals surface area contributed by atoms with E-state index in [1.165, 1.54) is 6.08 Å². The van der Waals surface area contributed by atoms with Crippen molar-refractivity contribution in [3.05, 3.63) is 12.2 Å². The van der Waals surface area contributed by atoms with Crippen LogP contribution < -0.4 is 21.3 Å². The van der Waals surface area contributed by atoms with Crippen LogP contribution in [0.2, 0.25) is 0 Å². The van der Waals surface area contributed by atoms with Crippen LogP contribution in [0, 0.1) is 0 Å². The van der Waals surface area contributed by atoms with Gasteiger partial charge in [-0.1, -0.05) is 6.08 Å². The number of hydrogen-bond donors (Lipinski definition) is 6. The first-order valence-corrected chi connectivity index (χ1v) is 10.5. The van der Waals surface area contributed by atoms with Crippen molar-refractivity contribution in [3.63, 3.8) is 0 Å². The summed E-state index contributed by atoms with van der Waals surface area (Å²) in [6.07, 6.45) is 6.09. The Morgan fingerprint density at radius 2 is 1.45 bits per heavy atom. The summed E-state index contributed by atoms with van der Waals surface area (Å²) in [4.78, 5) is 56.6. The topological polar surface area (TPSA) is 174 Å². The molecule has 1 aliphatic heterocycles. The van der Waals surface area contributed by atoms with Gasteiger partial charge in [0, 0.05) is 25.6 Å². The second-order valence-corrected chi connectivity index (χ2v) is 7.30. The number of unbranched alkanes of at least 4 members (excludes halogenated alkanes) is 2. The largest absolute Gasteiger partial charge is 0.481 e. The second kappa shape index (κ2) is 14.9. The molecule has 11 nitrogen and oxygen atoms in total. The molecule has 1 rings (SSSR count). The summed E-state index contributed by atoms with van der Waals surface area (Å²) in [6.45, 7) is 1.53. The first-order valence-electron chi connectivity index (χ1n) is 10.5. The number of hydrogen-bond acceptors (Lipinski definition) is 6. The van der Waals surface area contributed by atoms with Gasteiger partial charge in [0.15, 0.2) is 0 Å². The normalized spacial score (nSPS) is 18.5. The molecular weight excluding hydrogens is 408 g/mol. The van der Waals surface area contributed by atoms with E-state index in [-0.39, 0.29) is 30.6 Å². The Morgan fingerprint density at radius 1 is 0.871 bits per heavy atom. The molecule has 0 spiro atoms. The lowest BCUT2D eigenvalue weighted by molar-refractivity contribution is -0.138. The Bertz CT molecular complexity index is 666. The standard InChI is InChI=1S/C20H32N4O7/c25-16(9-10-18(28)29)22-13-4-2-7-15-20(31)23-14(19(30)24-15)6-1-3-11-21-12-5-8-17(26)27/h5,8,14-15,21H,1-4,6-7,9-13H2,(H,22,25)(H,23,31)(H,24,30)(H,26,27)(H,28,29)/b8-5+. The molecule has 0 bridgehead atoms. The third-order valence-electron chi connectivity index (χ3n) is 4.69. The monoisotopic (exact) mass is 440 g/mol. The smallest absolute Gasteiger partial charge is 0.328 e.